The molecule has 0 bridgehead atoms. The second-order valence-corrected chi connectivity index (χ2v) is 6.84. The number of nitrogens with zero attached hydrogens (tertiary/aromatic N) is 1. The predicted molar refractivity (Wildman–Crippen MR) is 83.6 cm³/mol. The van der Waals surface area contributed by atoms with Gasteiger partial charge in [-0.2, -0.15) is 5.26 Å². The molecule has 2 nitrogen and oxygen atoms in total. The highest BCUT2D eigenvalue weighted by atomic mass is 15.0. The van der Waals surface area contributed by atoms with Gasteiger partial charge < -0.3 is 5.32 Å². The van der Waals surface area contributed by atoms with E-state index in [0.717, 1.165) is 22.0 Å². The molecular weight excluding hydrogens is 244 g/mol. The van der Waals surface area contributed by atoms with E-state index in [9.17, 15) is 5.26 Å². The Morgan fingerprint density at radius 3 is 2.10 bits per heavy atom. The molecule has 0 heterocycles. The quantitative estimate of drug-likeness (QED) is 0.863. The van der Waals surface area contributed by atoms with Crippen molar-refractivity contribution in [1.29, 1.82) is 5.26 Å². The molecule has 0 unspecified atom stereocenters. The van der Waals surface area contributed by atoms with Crippen molar-refractivity contribution in [1.82, 2.24) is 0 Å². The standard InChI is InChI=1S/C18H20N2/c1-17(2)16(18(17,3)4)20-15-10-9-12(11-19)13-7-5-6-8-14(13)15/h5-10,16,20H,1-4H3. The maximum Gasteiger partial charge on any atom is 0.0998 e. The van der Waals surface area contributed by atoms with Crippen molar-refractivity contribution in [2.24, 2.45) is 10.8 Å². The summed E-state index contributed by atoms with van der Waals surface area (Å²) >= 11 is 0. The first-order valence-corrected chi connectivity index (χ1v) is 7.08. The number of benzene rings is 2. The Bertz CT molecular complexity index is 706. The molecule has 2 aromatic carbocycles. The third-order valence-electron chi connectivity index (χ3n) is 5.37. The Hall–Kier alpha value is -2.01. The lowest BCUT2D eigenvalue weighted by molar-refractivity contribution is 0.457. The van der Waals surface area contributed by atoms with Gasteiger partial charge in [-0.3, -0.25) is 0 Å². The highest BCUT2D eigenvalue weighted by Crippen LogP contribution is 2.63. The number of fused-ring (bicyclic) bond motifs is 1. The minimum atomic E-state index is 0.294. The highest BCUT2D eigenvalue weighted by Gasteiger charge is 2.64. The minimum absolute atomic E-state index is 0.294. The summed E-state index contributed by atoms with van der Waals surface area (Å²) in [6.07, 6.45) is 0. The molecule has 0 radical (unpaired) electrons. The first kappa shape index (κ1) is 13.0. The molecule has 1 fully saturated rings. The molecule has 1 saturated carbocycles. The van der Waals surface area contributed by atoms with Gasteiger partial charge in [-0.05, 0) is 23.0 Å². The van der Waals surface area contributed by atoms with Gasteiger partial charge in [0.15, 0.2) is 0 Å². The van der Waals surface area contributed by atoms with Crippen LogP contribution in [0.25, 0.3) is 10.8 Å². The van der Waals surface area contributed by atoms with Crippen molar-refractivity contribution in [3.05, 3.63) is 42.0 Å². The van der Waals surface area contributed by atoms with Crippen LogP contribution < -0.4 is 5.32 Å². The van der Waals surface area contributed by atoms with E-state index in [1.807, 2.05) is 30.3 Å². The van der Waals surface area contributed by atoms with E-state index in [-0.39, 0.29) is 0 Å². The third kappa shape index (κ3) is 1.63. The van der Waals surface area contributed by atoms with Gasteiger partial charge in [0.05, 0.1) is 11.6 Å². The second kappa shape index (κ2) is 3.99. The zero-order valence-corrected chi connectivity index (χ0v) is 12.5. The fraction of sp³-hybridized carbons (Fsp3) is 0.389. The summed E-state index contributed by atoms with van der Waals surface area (Å²) in [6.45, 7) is 9.21. The van der Waals surface area contributed by atoms with Crippen LogP contribution in [0.2, 0.25) is 0 Å². The van der Waals surface area contributed by atoms with Crippen LogP contribution in [0.1, 0.15) is 33.3 Å². The van der Waals surface area contributed by atoms with Gasteiger partial charge in [0.25, 0.3) is 0 Å². The van der Waals surface area contributed by atoms with Crippen molar-refractivity contribution in [2.75, 3.05) is 5.32 Å². The van der Waals surface area contributed by atoms with Crippen LogP contribution in [0.15, 0.2) is 36.4 Å². The first-order valence-electron chi connectivity index (χ1n) is 7.08. The number of hydrogen-bond acceptors (Lipinski definition) is 2. The molecule has 0 aromatic heterocycles. The number of nitrogens with one attached hydrogen (secondary N) is 1. The average molecular weight is 264 g/mol. The van der Waals surface area contributed by atoms with E-state index >= 15 is 0 Å². The fourth-order valence-electron chi connectivity index (χ4n) is 3.24. The topological polar surface area (TPSA) is 35.8 Å². The third-order valence-corrected chi connectivity index (χ3v) is 5.37. The molecule has 1 aliphatic carbocycles. The van der Waals surface area contributed by atoms with E-state index in [0.29, 0.717) is 16.9 Å². The molecular formula is C18H20N2. The van der Waals surface area contributed by atoms with E-state index < -0.39 is 0 Å². The number of anilines is 1. The Morgan fingerprint density at radius 2 is 1.55 bits per heavy atom. The van der Waals surface area contributed by atoms with Gasteiger partial charge in [-0.1, -0.05) is 52.0 Å². The average Bonchev–Trinajstić information content (AvgIpc) is 2.81. The summed E-state index contributed by atoms with van der Waals surface area (Å²) in [4.78, 5) is 0. The lowest BCUT2D eigenvalue weighted by Gasteiger charge is -2.12. The van der Waals surface area contributed by atoms with Crippen molar-refractivity contribution < 1.29 is 0 Å². The Balaban J connectivity index is 2.05. The highest BCUT2D eigenvalue weighted by molar-refractivity contribution is 5.97. The van der Waals surface area contributed by atoms with Gasteiger partial charge in [-0.25, -0.2) is 0 Å². The number of hydrogen-bond donors (Lipinski definition) is 1. The van der Waals surface area contributed by atoms with Crippen LogP contribution in [0, 0.1) is 22.2 Å². The lowest BCUT2D eigenvalue weighted by atomic mass is 10.0. The van der Waals surface area contributed by atoms with Gasteiger partial charge in [0, 0.05) is 22.5 Å². The molecule has 0 aliphatic heterocycles. The summed E-state index contributed by atoms with van der Waals surface area (Å²) in [7, 11) is 0. The van der Waals surface area contributed by atoms with E-state index in [4.69, 9.17) is 0 Å². The monoisotopic (exact) mass is 264 g/mol. The fourth-order valence-corrected chi connectivity index (χ4v) is 3.24. The van der Waals surface area contributed by atoms with Crippen molar-refractivity contribution in [2.45, 2.75) is 33.7 Å². The summed E-state index contributed by atoms with van der Waals surface area (Å²) in [5.41, 5.74) is 2.45. The normalized spacial score (nSPS) is 19.6. The van der Waals surface area contributed by atoms with Crippen LogP contribution in [0.3, 0.4) is 0 Å². The number of rotatable bonds is 2. The van der Waals surface area contributed by atoms with E-state index in [2.05, 4.69) is 45.1 Å². The van der Waals surface area contributed by atoms with E-state index in [1.54, 1.807) is 0 Å². The molecule has 1 N–H and O–H groups in total. The van der Waals surface area contributed by atoms with Crippen molar-refractivity contribution >= 4 is 16.5 Å². The molecule has 102 valence electrons. The Labute approximate surface area is 120 Å². The molecule has 20 heavy (non-hydrogen) atoms. The molecule has 0 amide bonds. The number of nitriles is 1. The summed E-state index contributed by atoms with van der Waals surface area (Å²) in [5.74, 6) is 0. The van der Waals surface area contributed by atoms with Crippen LogP contribution in [0.4, 0.5) is 5.69 Å². The van der Waals surface area contributed by atoms with Crippen LogP contribution in [-0.2, 0) is 0 Å². The predicted octanol–water partition coefficient (Wildman–Crippen LogP) is 4.56. The molecule has 1 aliphatic rings. The Kier molecular flexibility index (Phi) is 2.59. The second-order valence-electron chi connectivity index (χ2n) is 6.84. The summed E-state index contributed by atoms with van der Waals surface area (Å²) in [6, 6.07) is 14.8. The zero-order valence-electron chi connectivity index (χ0n) is 12.5. The molecule has 0 spiro atoms. The molecule has 2 aromatic rings. The Morgan fingerprint density at radius 1 is 0.950 bits per heavy atom. The van der Waals surface area contributed by atoms with Crippen molar-refractivity contribution in [3.63, 3.8) is 0 Å². The van der Waals surface area contributed by atoms with Gasteiger partial charge in [-0.15, -0.1) is 0 Å². The molecule has 2 heteroatoms. The minimum Gasteiger partial charge on any atom is -0.381 e. The largest absolute Gasteiger partial charge is 0.381 e. The first-order chi connectivity index (χ1) is 9.39. The SMILES string of the molecule is CC1(C)C(Nc2ccc(C#N)c3ccccc23)C1(C)C. The van der Waals surface area contributed by atoms with Gasteiger partial charge >= 0.3 is 0 Å². The van der Waals surface area contributed by atoms with Crippen LogP contribution in [-0.4, -0.2) is 6.04 Å². The van der Waals surface area contributed by atoms with Crippen LogP contribution >= 0.6 is 0 Å². The van der Waals surface area contributed by atoms with Crippen molar-refractivity contribution in [3.8, 4) is 6.07 Å². The molecule has 0 atom stereocenters. The smallest absolute Gasteiger partial charge is 0.0998 e. The maximum atomic E-state index is 9.22. The summed E-state index contributed by atoms with van der Waals surface area (Å²) < 4.78 is 0. The maximum absolute atomic E-state index is 9.22. The van der Waals surface area contributed by atoms with Gasteiger partial charge in [0.1, 0.15) is 0 Å². The summed E-state index contributed by atoms with van der Waals surface area (Å²) in [5, 5.41) is 15.1. The van der Waals surface area contributed by atoms with Crippen LogP contribution in [0.5, 0.6) is 0 Å². The molecule has 3 rings (SSSR count). The lowest BCUT2D eigenvalue weighted by Crippen LogP contribution is -2.10. The molecule has 0 saturated heterocycles. The van der Waals surface area contributed by atoms with Gasteiger partial charge in [0.2, 0.25) is 0 Å². The van der Waals surface area contributed by atoms with E-state index in [1.165, 1.54) is 0 Å². The zero-order chi connectivity index (χ0) is 14.5.